The number of hydrogen-bond acceptors (Lipinski definition) is 6. The highest BCUT2D eigenvalue weighted by atomic mass is 32.2. The average molecular weight is 410 g/mol. The molecule has 2 aromatic rings. The summed E-state index contributed by atoms with van der Waals surface area (Å²) in [5.74, 6) is -1.28. The Kier molecular flexibility index (Phi) is 5.25. The molecule has 2 heterocycles. The van der Waals surface area contributed by atoms with Crippen molar-refractivity contribution in [3.05, 3.63) is 68.4 Å². The van der Waals surface area contributed by atoms with Crippen molar-refractivity contribution in [1.29, 1.82) is 0 Å². The molecule has 1 aromatic carbocycles. The van der Waals surface area contributed by atoms with Crippen LogP contribution in [0.25, 0.3) is 0 Å². The fraction of sp³-hybridized carbons (Fsp3) is 0.250. The lowest BCUT2D eigenvalue weighted by molar-refractivity contribution is -0.385. The van der Waals surface area contributed by atoms with Crippen molar-refractivity contribution >= 4 is 21.6 Å². The van der Waals surface area contributed by atoms with Crippen LogP contribution < -0.4 is 5.56 Å². The molecule has 1 aromatic heterocycles. The minimum Gasteiger partial charge on any atom is -0.336 e. The Labute approximate surface area is 158 Å². The third kappa shape index (κ3) is 3.77. The highest BCUT2D eigenvalue weighted by Gasteiger charge is 2.31. The van der Waals surface area contributed by atoms with Gasteiger partial charge in [-0.15, -0.1) is 0 Å². The monoisotopic (exact) mass is 410 g/mol. The third-order valence-corrected chi connectivity index (χ3v) is 6.22. The Morgan fingerprint density at radius 3 is 2.32 bits per heavy atom. The first-order valence-electron chi connectivity index (χ1n) is 8.12. The van der Waals surface area contributed by atoms with Crippen molar-refractivity contribution in [2.75, 3.05) is 26.2 Å². The average Bonchev–Trinajstić information content (AvgIpc) is 2.68. The summed E-state index contributed by atoms with van der Waals surface area (Å²) in [4.78, 5) is 37.8. The molecule has 1 aliphatic heterocycles. The number of nitro groups is 1. The number of sulfonamides is 1. The van der Waals surface area contributed by atoms with Gasteiger partial charge in [-0.05, 0) is 24.3 Å². The summed E-state index contributed by atoms with van der Waals surface area (Å²) in [6, 6.07) is 5.29. The predicted molar refractivity (Wildman–Crippen MR) is 94.8 cm³/mol. The number of aromatic nitrogens is 1. The second kappa shape index (κ2) is 7.48. The van der Waals surface area contributed by atoms with Crippen LogP contribution in [0.3, 0.4) is 0 Å². The second-order valence-corrected chi connectivity index (χ2v) is 7.95. The largest absolute Gasteiger partial charge is 0.336 e. The van der Waals surface area contributed by atoms with Crippen molar-refractivity contribution in [2.45, 2.75) is 4.90 Å². The number of nitrogens with zero attached hydrogens (tertiary/aromatic N) is 3. The predicted octanol–water partition coefficient (Wildman–Crippen LogP) is 0.569. The number of piperazine rings is 1. The van der Waals surface area contributed by atoms with E-state index < -0.39 is 37.9 Å². The van der Waals surface area contributed by atoms with Crippen LogP contribution in [0.5, 0.6) is 0 Å². The molecule has 1 fully saturated rings. The Morgan fingerprint density at radius 1 is 1.14 bits per heavy atom. The van der Waals surface area contributed by atoms with E-state index in [0.717, 1.165) is 40.8 Å². The van der Waals surface area contributed by atoms with Crippen LogP contribution in [0.2, 0.25) is 0 Å². The maximum absolute atomic E-state index is 13.0. The molecule has 10 nitrogen and oxygen atoms in total. The van der Waals surface area contributed by atoms with Crippen molar-refractivity contribution in [3.8, 4) is 0 Å². The van der Waals surface area contributed by atoms with Gasteiger partial charge in [-0.25, -0.2) is 12.8 Å². The number of pyridine rings is 1. The minimum absolute atomic E-state index is 0.00138. The molecule has 12 heteroatoms. The summed E-state index contributed by atoms with van der Waals surface area (Å²) in [5, 5.41) is 10.8. The number of benzene rings is 1. The van der Waals surface area contributed by atoms with Crippen LogP contribution in [0.15, 0.2) is 46.2 Å². The number of aromatic amines is 1. The van der Waals surface area contributed by atoms with E-state index in [9.17, 15) is 32.5 Å². The van der Waals surface area contributed by atoms with Crippen LogP contribution in [0, 0.1) is 15.9 Å². The number of amides is 1. The highest BCUT2D eigenvalue weighted by Crippen LogP contribution is 2.19. The third-order valence-electron chi connectivity index (χ3n) is 4.31. The van der Waals surface area contributed by atoms with E-state index in [4.69, 9.17) is 0 Å². The Hall–Kier alpha value is -3.12. The number of rotatable bonds is 4. The number of hydrogen-bond donors (Lipinski definition) is 1. The van der Waals surface area contributed by atoms with E-state index in [1.807, 2.05) is 0 Å². The summed E-state index contributed by atoms with van der Waals surface area (Å²) in [6.45, 7) is -0.0562. The summed E-state index contributed by atoms with van der Waals surface area (Å²) in [7, 11) is -3.85. The molecule has 0 unspecified atom stereocenters. The molecule has 0 spiro atoms. The summed E-state index contributed by atoms with van der Waals surface area (Å²) in [5.41, 5.74) is -1.58. The van der Waals surface area contributed by atoms with Gasteiger partial charge in [0, 0.05) is 32.2 Å². The maximum atomic E-state index is 13.0. The molecule has 1 N–H and O–H groups in total. The smallest absolute Gasteiger partial charge is 0.286 e. The Bertz CT molecular complexity index is 1080. The SMILES string of the molecule is O=C(c1cc([N+](=O)[O-])c[nH]c1=O)N1CCN(S(=O)(=O)c2ccc(F)cc2)CC1. The van der Waals surface area contributed by atoms with E-state index in [-0.39, 0.29) is 36.6 Å². The standard InChI is InChI=1S/C16H15FN4O6S/c17-11-1-3-13(4-2-11)28(26,27)20-7-5-19(6-8-20)16(23)14-9-12(21(24)25)10-18-15(14)22/h1-4,9-10H,5-8H2,(H,18,22). The minimum atomic E-state index is -3.85. The van der Waals surface area contributed by atoms with Gasteiger partial charge in [-0.1, -0.05) is 0 Å². The van der Waals surface area contributed by atoms with Gasteiger partial charge in [0.1, 0.15) is 11.4 Å². The lowest BCUT2D eigenvalue weighted by atomic mass is 10.2. The fourth-order valence-electron chi connectivity index (χ4n) is 2.79. The first-order valence-corrected chi connectivity index (χ1v) is 9.56. The summed E-state index contributed by atoms with van der Waals surface area (Å²) >= 11 is 0. The summed E-state index contributed by atoms with van der Waals surface area (Å²) < 4.78 is 39.3. The number of carbonyl (C=O) groups is 1. The van der Waals surface area contributed by atoms with E-state index in [2.05, 4.69) is 4.98 Å². The van der Waals surface area contributed by atoms with Crippen molar-refractivity contribution in [3.63, 3.8) is 0 Å². The molecule has 1 saturated heterocycles. The first-order chi connectivity index (χ1) is 13.2. The van der Waals surface area contributed by atoms with Crippen molar-refractivity contribution in [1.82, 2.24) is 14.2 Å². The zero-order valence-corrected chi connectivity index (χ0v) is 15.2. The molecule has 0 radical (unpaired) electrons. The van der Waals surface area contributed by atoms with Gasteiger partial charge in [0.2, 0.25) is 10.0 Å². The summed E-state index contributed by atoms with van der Waals surface area (Å²) in [6.07, 6.45) is 0.895. The lowest BCUT2D eigenvalue weighted by Gasteiger charge is -2.33. The molecule has 28 heavy (non-hydrogen) atoms. The topological polar surface area (TPSA) is 134 Å². The van der Waals surface area contributed by atoms with Crippen LogP contribution in [0.1, 0.15) is 10.4 Å². The van der Waals surface area contributed by atoms with Gasteiger partial charge in [0.25, 0.3) is 17.2 Å². The van der Waals surface area contributed by atoms with Gasteiger partial charge >= 0.3 is 0 Å². The van der Waals surface area contributed by atoms with E-state index >= 15 is 0 Å². The van der Waals surface area contributed by atoms with Gasteiger partial charge < -0.3 is 9.88 Å². The van der Waals surface area contributed by atoms with Gasteiger partial charge in [0.05, 0.1) is 16.0 Å². The molecule has 148 valence electrons. The maximum Gasteiger partial charge on any atom is 0.286 e. The highest BCUT2D eigenvalue weighted by molar-refractivity contribution is 7.89. The van der Waals surface area contributed by atoms with E-state index in [1.54, 1.807) is 0 Å². The second-order valence-electron chi connectivity index (χ2n) is 6.01. The van der Waals surface area contributed by atoms with Gasteiger partial charge in [-0.2, -0.15) is 4.31 Å². The quantitative estimate of drug-likeness (QED) is 0.579. The molecular formula is C16H15FN4O6S. The Morgan fingerprint density at radius 2 is 1.75 bits per heavy atom. The normalized spacial score (nSPS) is 15.4. The fourth-order valence-corrected chi connectivity index (χ4v) is 4.22. The Balaban J connectivity index is 1.74. The lowest BCUT2D eigenvalue weighted by Crippen LogP contribution is -2.51. The van der Waals surface area contributed by atoms with Crippen molar-refractivity contribution < 1.29 is 22.5 Å². The van der Waals surface area contributed by atoms with Gasteiger partial charge in [-0.3, -0.25) is 19.7 Å². The van der Waals surface area contributed by atoms with Crippen LogP contribution in [-0.4, -0.2) is 59.6 Å². The van der Waals surface area contributed by atoms with Gasteiger partial charge in [0.15, 0.2) is 0 Å². The number of nitrogens with one attached hydrogen (secondary N) is 1. The molecule has 1 amide bonds. The zero-order chi connectivity index (χ0) is 20.5. The molecule has 0 atom stereocenters. The van der Waals surface area contributed by atoms with Crippen LogP contribution >= 0.6 is 0 Å². The number of H-pyrrole nitrogens is 1. The van der Waals surface area contributed by atoms with E-state index in [1.165, 1.54) is 4.90 Å². The number of carbonyl (C=O) groups excluding carboxylic acids is 1. The molecule has 3 rings (SSSR count). The molecule has 1 aliphatic rings. The molecule has 0 bridgehead atoms. The number of halogens is 1. The molecular weight excluding hydrogens is 395 g/mol. The zero-order valence-electron chi connectivity index (χ0n) is 14.4. The molecule has 0 saturated carbocycles. The van der Waals surface area contributed by atoms with Crippen LogP contribution in [-0.2, 0) is 10.0 Å². The first kappa shape index (κ1) is 19.6. The van der Waals surface area contributed by atoms with Crippen LogP contribution in [0.4, 0.5) is 10.1 Å². The van der Waals surface area contributed by atoms with E-state index in [0.29, 0.717) is 0 Å². The molecule has 0 aliphatic carbocycles. The van der Waals surface area contributed by atoms with Crippen molar-refractivity contribution in [2.24, 2.45) is 0 Å².